The highest BCUT2D eigenvalue weighted by Gasteiger charge is 2.20. The van der Waals surface area contributed by atoms with E-state index in [1.807, 2.05) is 20.8 Å². The van der Waals surface area contributed by atoms with Gasteiger partial charge in [-0.2, -0.15) is 0 Å². The molecule has 0 aromatic heterocycles. The molecule has 0 aliphatic rings. The Balaban J connectivity index is 2.34. The van der Waals surface area contributed by atoms with Crippen molar-refractivity contribution < 1.29 is 24.0 Å². The molecule has 2 aromatic carbocycles. The van der Waals surface area contributed by atoms with Crippen LogP contribution in [0.2, 0.25) is 0 Å². The topological polar surface area (TPSA) is 134 Å². The minimum absolute atomic E-state index is 0.0228. The van der Waals surface area contributed by atoms with Crippen LogP contribution in [0.25, 0.3) is 0 Å². The third-order valence-corrected chi connectivity index (χ3v) is 4.30. The van der Waals surface area contributed by atoms with E-state index < -0.39 is 16.7 Å². The second kappa shape index (κ2) is 10.2. The second-order valence-corrected chi connectivity index (χ2v) is 6.65. The molecule has 1 atom stereocenters. The van der Waals surface area contributed by atoms with Gasteiger partial charge < -0.3 is 20.5 Å². The molecule has 30 heavy (non-hydrogen) atoms. The van der Waals surface area contributed by atoms with Crippen molar-refractivity contribution in [3.05, 3.63) is 57.6 Å². The van der Waals surface area contributed by atoms with E-state index in [2.05, 4.69) is 5.32 Å². The minimum atomic E-state index is -0.616. The fraction of sp³-hybridized carbons (Fsp3) is 0.333. The number of rotatable bonds is 10. The van der Waals surface area contributed by atoms with Crippen molar-refractivity contribution in [2.75, 3.05) is 11.9 Å². The number of benzene rings is 2. The number of carbonyl (C=O) groups excluding carboxylic acids is 2. The summed E-state index contributed by atoms with van der Waals surface area (Å²) in [6, 6.07) is 8.38. The fourth-order valence-electron chi connectivity index (χ4n) is 2.50. The van der Waals surface area contributed by atoms with E-state index in [0.29, 0.717) is 24.3 Å². The Bertz CT molecular complexity index is 944. The molecule has 2 aromatic rings. The Hall–Kier alpha value is -3.62. The Morgan fingerprint density at radius 1 is 1.13 bits per heavy atom. The molecule has 1 unspecified atom stereocenters. The lowest BCUT2D eigenvalue weighted by atomic mass is 10.1. The lowest BCUT2D eigenvalue weighted by molar-refractivity contribution is -0.385. The highest BCUT2D eigenvalue weighted by Crippen LogP contribution is 2.31. The molecular formula is C21H25N3O6. The highest BCUT2D eigenvalue weighted by atomic mass is 16.6. The summed E-state index contributed by atoms with van der Waals surface area (Å²) in [5.41, 5.74) is 5.89. The lowest BCUT2D eigenvalue weighted by Gasteiger charge is -2.17. The standard InChI is InChI=1S/C21H25N3O6/c1-4-10-29-19-12-15(7-9-17(19)24(27)28)21(26)23-16-8-6-14(20(22)25)11-18(16)30-13(3)5-2/h6-9,11-13H,4-5,10H2,1-3H3,(H2,22,25)(H,23,26). The second-order valence-electron chi connectivity index (χ2n) is 6.65. The van der Waals surface area contributed by atoms with E-state index in [0.717, 1.165) is 0 Å². The summed E-state index contributed by atoms with van der Waals surface area (Å²) in [5, 5.41) is 13.9. The van der Waals surface area contributed by atoms with Crippen LogP contribution in [0.15, 0.2) is 36.4 Å². The van der Waals surface area contributed by atoms with Gasteiger partial charge in [0.25, 0.3) is 5.91 Å². The van der Waals surface area contributed by atoms with Crippen molar-refractivity contribution in [3.63, 3.8) is 0 Å². The molecule has 0 aliphatic carbocycles. The van der Waals surface area contributed by atoms with Crippen LogP contribution in [0.5, 0.6) is 11.5 Å². The molecule has 0 bridgehead atoms. The van der Waals surface area contributed by atoms with Crippen molar-refractivity contribution in [1.29, 1.82) is 0 Å². The Kier molecular flexibility index (Phi) is 7.74. The van der Waals surface area contributed by atoms with Gasteiger partial charge in [0, 0.05) is 23.3 Å². The first-order chi connectivity index (χ1) is 14.3. The molecule has 0 spiro atoms. The van der Waals surface area contributed by atoms with Gasteiger partial charge in [-0.1, -0.05) is 13.8 Å². The van der Waals surface area contributed by atoms with Gasteiger partial charge in [-0.3, -0.25) is 19.7 Å². The quantitative estimate of drug-likeness (QED) is 0.446. The third kappa shape index (κ3) is 5.69. The molecule has 0 saturated carbocycles. The van der Waals surface area contributed by atoms with Crippen molar-refractivity contribution in [3.8, 4) is 11.5 Å². The average molecular weight is 415 g/mol. The number of amides is 2. The minimum Gasteiger partial charge on any atom is -0.489 e. The Morgan fingerprint density at radius 2 is 1.80 bits per heavy atom. The average Bonchev–Trinajstić information content (AvgIpc) is 2.72. The number of nitro benzene ring substituents is 1. The molecule has 160 valence electrons. The summed E-state index contributed by atoms with van der Waals surface area (Å²) in [6.07, 6.45) is 1.22. The van der Waals surface area contributed by atoms with Gasteiger partial charge in [-0.25, -0.2) is 0 Å². The first-order valence-corrected chi connectivity index (χ1v) is 9.59. The molecule has 0 heterocycles. The van der Waals surface area contributed by atoms with Crippen LogP contribution in [0.4, 0.5) is 11.4 Å². The monoisotopic (exact) mass is 415 g/mol. The number of nitrogens with zero attached hydrogens (tertiary/aromatic N) is 1. The van der Waals surface area contributed by atoms with E-state index in [-0.39, 0.29) is 35.3 Å². The smallest absolute Gasteiger partial charge is 0.310 e. The maximum absolute atomic E-state index is 12.8. The number of nitro groups is 1. The van der Waals surface area contributed by atoms with Gasteiger partial charge in [0.15, 0.2) is 5.75 Å². The van der Waals surface area contributed by atoms with E-state index in [1.54, 1.807) is 0 Å². The fourth-order valence-corrected chi connectivity index (χ4v) is 2.50. The van der Waals surface area contributed by atoms with E-state index in [9.17, 15) is 19.7 Å². The largest absolute Gasteiger partial charge is 0.489 e. The summed E-state index contributed by atoms with van der Waals surface area (Å²) in [4.78, 5) is 34.9. The molecule has 3 N–H and O–H groups in total. The normalized spacial score (nSPS) is 11.4. The van der Waals surface area contributed by atoms with Gasteiger partial charge in [0.05, 0.1) is 23.3 Å². The first-order valence-electron chi connectivity index (χ1n) is 9.59. The predicted molar refractivity (Wildman–Crippen MR) is 112 cm³/mol. The van der Waals surface area contributed by atoms with Crippen LogP contribution in [0, 0.1) is 10.1 Å². The first kappa shape index (κ1) is 22.7. The number of nitrogens with two attached hydrogens (primary N) is 1. The van der Waals surface area contributed by atoms with Crippen molar-refractivity contribution in [2.45, 2.75) is 39.7 Å². The van der Waals surface area contributed by atoms with Crippen molar-refractivity contribution in [2.24, 2.45) is 5.73 Å². The number of ether oxygens (including phenoxy) is 2. The number of primary amides is 1. The van der Waals surface area contributed by atoms with Crippen molar-refractivity contribution in [1.82, 2.24) is 0 Å². The third-order valence-electron chi connectivity index (χ3n) is 4.30. The van der Waals surface area contributed by atoms with Gasteiger partial charge in [-0.05, 0) is 44.0 Å². The zero-order valence-electron chi connectivity index (χ0n) is 17.1. The molecule has 9 nitrogen and oxygen atoms in total. The number of hydrogen-bond acceptors (Lipinski definition) is 6. The van der Waals surface area contributed by atoms with Gasteiger partial charge in [0.1, 0.15) is 5.75 Å². The van der Waals surface area contributed by atoms with Crippen LogP contribution in [0.1, 0.15) is 54.3 Å². The molecule has 0 saturated heterocycles. The number of carbonyl (C=O) groups is 2. The molecule has 2 rings (SSSR count). The van der Waals surface area contributed by atoms with E-state index >= 15 is 0 Å². The lowest BCUT2D eigenvalue weighted by Crippen LogP contribution is -2.17. The maximum atomic E-state index is 12.8. The highest BCUT2D eigenvalue weighted by molar-refractivity contribution is 6.06. The molecule has 0 aliphatic heterocycles. The van der Waals surface area contributed by atoms with Crippen LogP contribution in [0.3, 0.4) is 0 Å². The van der Waals surface area contributed by atoms with Gasteiger partial charge in [-0.15, -0.1) is 0 Å². The summed E-state index contributed by atoms with van der Waals surface area (Å²) < 4.78 is 11.2. The summed E-state index contributed by atoms with van der Waals surface area (Å²) in [6.45, 7) is 5.95. The van der Waals surface area contributed by atoms with Crippen LogP contribution in [-0.4, -0.2) is 29.4 Å². The summed E-state index contributed by atoms with van der Waals surface area (Å²) in [5.74, 6) is -0.796. The number of nitrogens with one attached hydrogen (secondary N) is 1. The van der Waals surface area contributed by atoms with Crippen LogP contribution >= 0.6 is 0 Å². The number of anilines is 1. The number of hydrogen-bond donors (Lipinski definition) is 2. The summed E-state index contributed by atoms with van der Waals surface area (Å²) >= 11 is 0. The maximum Gasteiger partial charge on any atom is 0.310 e. The van der Waals surface area contributed by atoms with E-state index in [4.69, 9.17) is 15.2 Å². The zero-order valence-corrected chi connectivity index (χ0v) is 17.1. The zero-order chi connectivity index (χ0) is 22.3. The summed E-state index contributed by atoms with van der Waals surface area (Å²) in [7, 11) is 0. The molecule has 0 radical (unpaired) electrons. The Labute approximate surface area is 174 Å². The van der Waals surface area contributed by atoms with Gasteiger partial charge in [0.2, 0.25) is 5.91 Å². The van der Waals surface area contributed by atoms with Crippen molar-refractivity contribution >= 4 is 23.2 Å². The Morgan fingerprint density at radius 3 is 2.40 bits per heavy atom. The predicted octanol–water partition coefficient (Wildman–Crippen LogP) is 3.91. The van der Waals surface area contributed by atoms with Crippen LogP contribution < -0.4 is 20.5 Å². The van der Waals surface area contributed by atoms with Crippen LogP contribution in [-0.2, 0) is 0 Å². The molecule has 0 fully saturated rings. The molecular weight excluding hydrogens is 390 g/mol. The SMILES string of the molecule is CCCOc1cc(C(=O)Nc2ccc(C(N)=O)cc2OC(C)CC)ccc1[N+](=O)[O-]. The van der Waals surface area contributed by atoms with Gasteiger partial charge >= 0.3 is 5.69 Å². The molecule has 2 amide bonds. The molecule has 9 heteroatoms. The van der Waals surface area contributed by atoms with E-state index in [1.165, 1.54) is 36.4 Å².